The van der Waals surface area contributed by atoms with Crippen LogP contribution in [0.15, 0.2) is 15.7 Å². The van der Waals surface area contributed by atoms with Crippen molar-refractivity contribution < 1.29 is 31.9 Å². The van der Waals surface area contributed by atoms with Crippen LogP contribution in [0.2, 0.25) is 0 Å². The predicted molar refractivity (Wildman–Crippen MR) is 84.3 cm³/mol. The third kappa shape index (κ3) is 2.93. The molecule has 2 aliphatic rings. The number of nitrogens with zero attached hydrogens (tertiary/aromatic N) is 2. The lowest BCUT2D eigenvalue weighted by molar-refractivity contribution is -0.141. The van der Waals surface area contributed by atoms with Gasteiger partial charge in [-0.2, -0.15) is 4.31 Å². The van der Waals surface area contributed by atoms with E-state index in [1.807, 2.05) is 0 Å². The molecule has 11 heteroatoms. The summed E-state index contributed by atoms with van der Waals surface area (Å²) in [6, 6.07) is 1.09. The fourth-order valence-electron chi connectivity index (χ4n) is 2.80. The Morgan fingerprint density at radius 2 is 1.80 bits per heavy atom. The van der Waals surface area contributed by atoms with Crippen molar-refractivity contribution >= 4 is 33.2 Å². The van der Waals surface area contributed by atoms with Crippen LogP contribution in [0.3, 0.4) is 0 Å². The van der Waals surface area contributed by atoms with E-state index in [1.54, 1.807) is 0 Å². The average Bonchev–Trinajstić information content (AvgIpc) is 2.94. The number of amides is 1. The summed E-state index contributed by atoms with van der Waals surface area (Å²) in [6.07, 6.45) is -0.482. The van der Waals surface area contributed by atoms with Gasteiger partial charge in [0, 0.05) is 38.0 Å². The Balaban J connectivity index is 1.67. The van der Waals surface area contributed by atoms with Crippen LogP contribution in [0.4, 0.5) is 8.78 Å². The van der Waals surface area contributed by atoms with E-state index in [4.69, 9.17) is 5.11 Å². The lowest BCUT2D eigenvalue weighted by Crippen LogP contribution is -2.52. The Bertz CT molecular complexity index is 830. The normalized spacial score (nSPS) is 26.4. The number of hydrogen-bond donors (Lipinski definition) is 1. The Kier molecular flexibility index (Phi) is 4.16. The van der Waals surface area contributed by atoms with Crippen molar-refractivity contribution in [1.82, 2.24) is 9.21 Å². The highest BCUT2D eigenvalue weighted by Crippen LogP contribution is 2.61. The minimum Gasteiger partial charge on any atom is -0.478 e. The number of sulfonamides is 1. The van der Waals surface area contributed by atoms with Crippen LogP contribution in [0.1, 0.15) is 23.7 Å². The lowest BCUT2D eigenvalue weighted by atomic mass is 10.1. The summed E-state index contributed by atoms with van der Waals surface area (Å²) in [6.45, 7) is 1.24. The number of carbonyl (C=O) groups is 2. The van der Waals surface area contributed by atoms with E-state index < -0.39 is 39.7 Å². The second kappa shape index (κ2) is 5.71. The number of thiophene rings is 1. The minimum absolute atomic E-state index is 0.0178. The van der Waals surface area contributed by atoms with E-state index in [-0.39, 0.29) is 36.0 Å². The summed E-state index contributed by atoms with van der Waals surface area (Å²) in [4.78, 5) is 24.4. The van der Waals surface area contributed by atoms with Gasteiger partial charge in [0.15, 0.2) is 0 Å². The second-order valence-electron chi connectivity index (χ2n) is 6.37. The van der Waals surface area contributed by atoms with Crippen LogP contribution in [0.25, 0.3) is 0 Å². The van der Waals surface area contributed by atoms with Gasteiger partial charge in [0.1, 0.15) is 9.62 Å². The van der Waals surface area contributed by atoms with E-state index in [1.165, 1.54) is 17.2 Å². The number of hydrogen-bond acceptors (Lipinski definition) is 5. The zero-order valence-corrected chi connectivity index (χ0v) is 14.9. The molecule has 2 heterocycles. The van der Waals surface area contributed by atoms with Crippen molar-refractivity contribution in [2.24, 2.45) is 5.41 Å². The Morgan fingerprint density at radius 1 is 1.24 bits per heavy atom. The summed E-state index contributed by atoms with van der Waals surface area (Å²) in [5, 5.41) is 10.1. The standard InChI is InChI=1S/C14H16F2N2O5S2/c1-13(8-14(13,15)16)12(21)17-2-4-18(5-3-17)25(22,23)10-6-9(7-24-10)11(19)20/h6-7H,2-5,8H2,1H3,(H,19,20). The molecule has 3 rings (SSSR count). The zero-order valence-electron chi connectivity index (χ0n) is 13.2. The van der Waals surface area contributed by atoms with Gasteiger partial charge in [0.05, 0.1) is 5.56 Å². The van der Waals surface area contributed by atoms with Crippen LogP contribution < -0.4 is 0 Å². The minimum atomic E-state index is -3.86. The molecule has 1 atom stereocenters. The Labute approximate surface area is 146 Å². The molecular formula is C14H16F2N2O5S2. The van der Waals surface area contributed by atoms with Crippen LogP contribution in [-0.4, -0.2) is 66.7 Å². The molecule has 1 aliphatic heterocycles. The topological polar surface area (TPSA) is 95.0 Å². The van der Waals surface area contributed by atoms with Gasteiger partial charge in [0.2, 0.25) is 5.91 Å². The number of piperazine rings is 1. The molecular weight excluding hydrogens is 378 g/mol. The summed E-state index contributed by atoms with van der Waals surface area (Å²) >= 11 is 0.809. The fourth-order valence-corrected chi connectivity index (χ4v) is 5.53. The molecule has 7 nitrogen and oxygen atoms in total. The molecule has 25 heavy (non-hydrogen) atoms. The first-order valence-electron chi connectivity index (χ1n) is 7.48. The van der Waals surface area contributed by atoms with Gasteiger partial charge in [-0.3, -0.25) is 4.79 Å². The highest BCUT2D eigenvalue weighted by atomic mass is 32.2. The summed E-state index contributed by atoms with van der Waals surface area (Å²) in [7, 11) is -3.86. The van der Waals surface area contributed by atoms with Gasteiger partial charge in [-0.1, -0.05) is 0 Å². The number of carboxylic acids is 1. The van der Waals surface area contributed by atoms with Crippen molar-refractivity contribution in [1.29, 1.82) is 0 Å². The number of halogens is 2. The third-order valence-corrected chi connectivity index (χ3v) is 7.99. The van der Waals surface area contributed by atoms with Gasteiger partial charge in [-0.25, -0.2) is 22.0 Å². The molecule has 1 N–H and O–H groups in total. The maximum absolute atomic E-state index is 13.3. The maximum atomic E-state index is 13.3. The molecule has 1 amide bonds. The van der Waals surface area contributed by atoms with Crippen molar-refractivity contribution in [3.63, 3.8) is 0 Å². The average molecular weight is 394 g/mol. The number of rotatable bonds is 4. The molecule has 1 unspecified atom stereocenters. The van der Waals surface area contributed by atoms with E-state index in [0.29, 0.717) is 0 Å². The van der Waals surface area contributed by atoms with E-state index in [0.717, 1.165) is 21.7 Å². The summed E-state index contributed by atoms with van der Waals surface area (Å²) in [5.74, 6) is -4.87. The van der Waals surface area contributed by atoms with Gasteiger partial charge < -0.3 is 10.0 Å². The molecule has 0 bridgehead atoms. The van der Waals surface area contributed by atoms with Crippen LogP contribution >= 0.6 is 11.3 Å². The predicted octanol–water partition coefficient (Wildman–Crippen LogP) is 1.32. The second-order valence-corrected chi connectivity index (χ2v) is 9.45. The molecule has 0 aromatic carbocycles. The molecule has 1 aromatic rings. The van der Waals surface area contributed by atoms with E-state index in [9.17, 15) is 26.8 Å². The highest BCUT2D eigenvalue weighted by Gasteiger charge is 2.73. The Hall–Kier alpha value is -1.59. The van der Waals surface area contributed by atoms with Gasteiger partial charge in [-0.15, -0.1) is 11.3 Å². The van der Waals surface area contributed by atoms with Crippen molar-refractivity contribution in [2.75, 3.05) is 26.2 Å². The first-order valence-corrected chi connectivity index (χ1v) is 9.80. The lowest BCUT2D eigenvalue weighted by Gasteiger charge is -2.35. The molecule has 1 saturated heterocycles. The van der Waals surface area contributed by atoms with E-state index >= 15 is 0 Å². The van der Waals surface area contributed by atoms with Crippen molar-refractivity contribution in [2.45, 2.75) is 23.5 Å². The van der Waals surface area contributed by atoms with Crippen molar-refractivity contribution in [3.8, 4) is 0 Å². The largest absolute Gasteiger partial charge is 0.478 e. The number of carbonyl (C=O) groups excluding carboxylic acids is 1. The van der Waals surface area contributed by atoms with Crippen LogP contribution in [0, 0.1) is 5.41 Å². The molecule has 138 valence electrons. The van der Waals surface area contributed by atoms with Crippen LogP contribution in [-0.2, 0) is 14.8 Å². The fraction of sp³-hybridized carbons (Fsp3) is 0.571. The number of alkyl halides is 2. The summed E-state index contributed by atoms with van der Waals surface area (Å²) < 4.78 is 52.8. The maximum Gasteiger partial charge on any atom is 0.336 e. The van der Waals surface area contributed by atoms with Gasteiger partial charge >= 0.3 is 5.97 Å². The van der Waals surface area contributed by atoms with E-state index in [2.05, 4.69) is 0 Å². The molecule has 1 aromatic heterocycles. The quantitative estimate of drug-likeness (QED) is 0.831. The Morgan fingerprint density at radius 3 is 2.24 bits per heavy atom. The van der Waals surface area contributed by atoms with Crippen LogP contribution in [0.5, 0.6) is 0 Å². The monoisotopic (exact) mass is 394 g/mol. The molecule has 2 fully saturated rings. The molecule has 0 radical (unpaired) electrons. The first kappa shape index (κ1) is 18.2. The van der Waals surface area contributed by atoms with Gasteiger partial charge in [0.25, 0.3) is 15.9 Å². The summed E-state index contributed by atoms with van der Waals surface area (Å²) in [5.41, 5.74) is -1.79. The van der Waals surface area contributed by atoms with Gasteiger partial charge in [-0.05, 0) is 13.0 Å². The smallest absolute Gasteiger partial charge is 0.336 e. The number of carboxylic acid groups (broad SMARTS) is 1. The molecule has 1 aliphatic carbocycles. The first-order chi connectivity index (χ1) is 11.5. The third-order valence-electron chi connectivity index (χ3n) is 4.67. The zero-order chi connectivity index (χ0) is 18.6. The SMILES string of the molecule is CC1(C(=O)N2CCN(S(=O)(=O)c3cc(C(=O)O)cs3)CC2)CC1(F)F. The molecule has 1 saturated carbocycles. The molecule has 0 spiro atoms. The highest BCUT2D eigenvalue weighted by molar-refractivity contribution is 7.91. The van der Waals surface area contributed by atoms with Crippen molar-refractivity contribution in [3.05, 3.63) is 17.0 Å². The number of aromatic carboxylic acids is 1.